The van der Waals surface area contributed by atoms with Crippen LogP contribution in [0.3, 0.4) is 0 Å². The molecule has 0 unspecified atom stereocenters. The number of hydrogen-bond donors (Lipinski definition) is 0. The fourth-order valence-electron chi connectivity index (χ4n) is 3.84. The topological polar surface area (TPSA) is 9.23 Å². The highest BCUT2D eigenvalue weighted by molar-refractivity contribution is 5.50. The monoisotopic (exact) mass is 618 g/mol. The highest BCUT2D eigenvalue weighted by atomic mass is 19.3. The highest BCUT2D eigenvalue weighted by Gasteiger charge is 2.41. The van der Waals surface area contributed by atoms with Crippen molar-refractivity contribution in [1.82, 2.24) is 0 Å². The second-order valence-corrected chi connectivity index (χ2v) is 9.09. The fourth-order valence-corrected chi connectivity index (χ4v) is 3.84. The Hall–Kier alpha value is -5.16. The molecule has 0 N–H and O–H groups in total. The van der Waals surface area contributed by atoms with Crippen LogP contribution in [-0.4, -0.2) is 0 Å². The summed E-state index contributed by atoms with van der Waals surface area (Å²) in [5, 5.41) is 0. The molecule has 11 heteroatoms. The maximum absolute atomic E-state index is 14.7. The zero-order chi connectivity index (χ0) is 32.2. The molecule has 0 amide bonds. The Morgan fingerprint density at radius 1 is 0.636 bits per heavy atom. The molecule has 224 valence electrons. The minimum absolute atomic E-state index is 0.0836. The van der Waals surface area contributed by atoms with E-state index < -0.39 is 69.5 Å². The molecule has 0 atom stereocenters. The van der Waals surface area contributed by atoms with Gasteiger partial charge in [-0.25, -0.2) is 35.1 Å². The maximum Gasteiger partial charge on any atom is 0.432 e. The van der Waals surface area contributed by atoms with Gasteiger partial charge in [0.05, 0.1) is 11.1 Å². The van der Waals surface area contributed by atoms with Crippen molar-refractivity contribution in [3.05, 3.63) is 147 Å². The van der Waals surface area contributed by atoms with Crippen molar-refractivity contribution in [2.75, 3.05) is 0 Å². The van der Waals surface area contributed by atoms with E-state index >= 15 is 0 Å². The summed E-state index contributed by atoms with van der Waals surface area (Å²) >= 11 is 0. The van der Waals surface area contributed by atoms with Crippen LogP contribution in [0.5, 0.6) is 5.75 Å². The van der Waals surface area contributed by atoms with Gasteiger partial charge >= 0.3 is 6.11 Å². The van der Waals surface area contributed by atoms with Crippen molar-refractivity contribution in [3.8, 4) is 29.4 Å². The largest absolute Gasteiger partial charge is 0.432 e. The Bertz CT molecular complexity index is 1820. The van der Waals surface area contributed by atoms with E-state index in [0.29, 0.717) is 42.8 Å². The van der Waals surface area contributed by atoms with Gasteiger partial charge in [0.1, 0.15) is 40.4 Å². The van der Waals surface area contributed by atoms with E-state index in [0.717, 1.165) is 12.1 Å². The first kappa shape index (κ1) is 31.8. The fraction of sp³-hybridized carbons (Fsp3) is 0.0909. The first-order valence-electron chi connectivity index (χ1n) is 12.4. The molecular formula is C33H16F10O. The van der Waals surface area contributed by atoms with Gasteiger partial charge in [-0.1, -0.05) is 29.8 Å². The van der Waals surface area contributed by atoms with Crippen molar-refractivity contribution in [3.63, 3.8) is 0 Å². The molecule has 0 bridgehead atoms. The molecule has 0 aromatic heterocycles. The van der Waals surface area contributed by atoms with Crippen LogP contribution >= 0.6 is 0 Å². The Labute approximate surface area is 244 Å². The van der Waals surface area contributed by atoms with E-state index in [1.165, 1.54) is 12.1 Å². The van der Waals surface area contributed by atoms with E-state index in [4.69, 9.17) is 0 Å². The van der Waals surface area contributed by atoms with Crippen LogP contribution in [0.15, 0.2) is 67.3 Å². The third kappa shape index (κ3) is 7.24. The number of benzene rings is 4. The van der Waals surface area contributed by atoms with Gasteiger partial charge < -0.3 is 4.74 Å². The average Bonchev–Trinajstić information content (AvgIpc) is 2.93. The molecule has 4 rings (SSSR count). The van der Waals surface area contributed by atoms with Gasteiger partial charge in [-0.15, -0.1) is 6.58 Å². The normalized spacial score (nSPS) is 10.9. The van der Waals surface area contributed by atoms with Gasteiger partial charge in [0.25, 0.3) is 0 Å². The molecule has 0 saturated heterocycles. The minimum Gasteiger partial charge on any atom is -0.429 e. The number of rotatable bonds is 6. The van der Waals surface area contributed by atoms with Gasteiger partial charge in [-0.3, -0.25) is 0 Å². The summed E-state index contributed by atoms with van der Waals surface area (Å²) in [5.74, 6) is -3.97. The van der Waals surface area contributed by atoms with Gasteiger partial charge in [0.2, 0.25) is 0 Å². The SMILES string of the molecule is C=CCCc1cc(F)c(C(F)(F)Oc2cc(F)c(C#Cc3ccc(C#Cc4cc(F)c(F)c(F)c4)c(F)c3)c(F)c2)c(F)c1. The van der Waals surface area contributed by atoms with Crippen molar-refractivity contribution >= 4 is 0 Å². The van der Waals surface area contributed by atoms with E-state index in [2.05, 4.69) is 35.0 Å². The van der Waals surface area contributed by atoms with Crippen LogP contribution in [-0.2, 0) is 12.5 Å². The quantitative estimate of drug-likeness (QED) is 0.0909. The van der Waals surface area contributed by atoms with E-state index in [1.807, 2.05) is 0 Å². The predicted octanol–water partition coefficient (Wildman–Crippen LogP) is 8.85. The molecule has 0 aliphatic heterocycles. The summed E-state index contributed by atoms with van der Waals surface area (Å²) in [6.07, 6.45) is -2.72. The molecule has 0 spiro atoms. The zero-order valence-electron chi connectivity index (χ0n) is 22.1. The summed E-state index contributed by atoms with van der Waals surface area (Å²) in [6.45, 7) is 3.46. The number of ether oxygens (including phenoxy) is 1. The maximum atomic E-state index is 14.7. The average molecular weight is 618 g/mol. The molecule has 0 fully saturated rings. The second kappa shape index (κ2) is 13.0. The van der Waals surface area contributed by atoms with Crippen LogP contribution in [0.2, 0.25) is 0 Å². The number of halogens is 10. The van der Waals surface area contributed by atoms with Gasteiger partial charge in [0.15, 0.2) is 17.5 Å². The molecule has 0 saturated carbocycles. The minimum atomic E-state index is -4.65. The van der Waals surface area contributed by atoms with Crippen LogP contribution in [0.1, 0.15) is 39.8 Å². The molecule has 0 aliphatic rings. The third-order valence-corrected chi connectivity index (χ3v) is 5.92. The van der Waals surface area contributed by atoms with Crippen molar-refractivity contribution < 1.29 is 48.6 Å². The van der Waals surface area contributed by atoms with Crippen molar-refractivity contribution in [1.29, 1.82) is 0 Å². The van der Waals surface area contributed by atoms with Gasteiger partial charge in [-0.2, -0.15) is 8.78 Å². The smallest absolute Gasteiger partial charge is 0.429 e. The molecule has 1 nitrogen and oxygen atoms in total. The number of aryl methyl sites for hydroxylation is 1. The number of hydrogen-bond acceptors (Lipinski definition) is 1. The highest BCUT2D eigenvalue weighted by Crippen LogP contribution is 2.36. The van der Waals surface area contributed by atoms with Crippen LogP contribution in [0.25, 0.3) is 0 Å². The molecule has 4 aromatic carbocycles. The Morgan fingerprint density at radius 2 is 1.20 bits per heavy atom. The molecule has 0 aliphatic carbocycles. The van der Waals surface area contributed by atoms with Crippen LogP contribution < -0.4 is 4.74 Å². The number of allylic oxidation sites excluding steroid dienone is 1. The summed E-state index contributed by atoms with van der Waals surface area (Å²) < 4.78 is 146. The van der Waals surface area contributed by atoms with E-state index in [9.17, 15) is 43.9 Å². The summed E-state index contributed by atoms with van der Waals surface area (Å²) in [4.78, 5) is 0. The lowest BCUT2D eigenvalue weighted by atomic mass is 10.1. The first-order valence-corrected chi connectivity index (χ1v) is 12.4. The lowest BCUT2D eigenvalue weighted by Crippen LogP contribution is -2.25. The van der Waals surface area contributed by atoms with Gasteiger partial charge in [-0.05, 0) is 60.9 Å². The third-order valence-electron chi connectivity index (χ3n) is 5.92. The van der Waals surface area contributed by atoms with E-state index in [1.54, 1.807) is 0 Å². The Kier molecular flexibility index (Phi) is 9.39. The Balaban J connectivity index is 1.54. The first-order chi connectivity index (χ1) is 20.8. The van der Waals surface area contributed by atoms with Crippen molar-refractivity contribution in [2.45, 2.75) is 19.0 Å². The van der Waals surface area contributed by atoms with E-state index in [-0.39, 0.29) is 28.7 Å². The van der Waals surface area contributed by atoms with Gasteiger partial charge in [0, 0.05) is 23.3 Å². The zero-order valence-corrected chi connectivity index (χ0v) is 22.1. The standard InChI is InChI=1S/C33H16F10O/c1-2-3-4-19-12-27(37)31(28(38)13-19)33(42,43)44-22-16-25(35)23(26(36)17-22)10-7-18-5-8-21(24(34)11-18)9-6-20-14-29(39)32(41)30(40)15-20/h2,5,8,11-17H,1,3-4H2. The van der Waals surface area contributed by atoms with Crippen molar-refractivity contribution in [2.24, 2.45) is 0 Å². The molecule has 0 radical (unpaired) electrons. The summed E-state index contributed by atoms with van der Waals surface area (Å²) in [7, 11) is 0. The molecule has 0 heterocycles. The lowest BCUT2D eigenvalue weighted by molar-refractivity contribution is -0.189. The van der Waals surface area contributed by atoms with Crippen LogP contribution in [0.4, 0.5) is 43.9 Å². The molecule has 4 aromatic rings. The molecular weight excluding hydrogens is 602 g/mol. The Morgan fingerprint density at radius 3 is 1.77 bits per heavy atom. The predicted molar refractivity (Wildman–Crippen MR) is 140 cm³/mol. The lowest BCUT2D eigenvalue weighted by Gasteiger charge is -2.20. The molecule has 44 heavy (non-hydrogen) atoms. The second-order valence-electron chi connectivity index (χ2n) is 9.09. The number of alkyl halides is 2. The van der Waals surface area contributed by atoms with Crippen LogP contribution in [0, 0.1) is 70.2 Å². The summed E-state index contributed by atoms with van der Waals surface area (Å²) in [5.41, 5.74) is -3.20. The summed E-state index contributed by atoms with van der Waals surface area (Å²) in [6, 6.07) is 6.41.